The summed E-state index contributed by atoms with van der Waals surface area (Å²) < 4.78 is 5.60. The summed E-state index contributed by atoms with van der Waals surface area (Å²) in [4.78, 5) is 21.4. The molecule has 1 aliphatic heterocycles. The molecule has 0 saturated carbocycles. The smallest absolute Gasteiger partial charge is 0.312 e. The number of carbonyl (C=O) groups is 2. The molecular formula is C12H13NO4. The van der Waals surface area contributed by atoms with E-state index in [-0.39, 0.29) is 6.10 Å². The summed E-state index contributed by atoms with van der Waals surface area (Å²) in [7, 11) is 0. The number of hydrogen-bond acceptors (Lipinski definition) is 3. The lowest BCUT2D eigenvalue weighted by molar-refractivity contribution is -0.140. The predicted molar refractivity (Wildman–Crippen MR) is 59.8 cm³/mol. The minimum absolute atomic E-state index is 0.106. The van der Waals surface area contributed by atoms with Gasteiger partial charge in [0.1, 0.15) is 18.3 Å². The van der Waals surface area contributed by atoms with Crippen molar-refractivity contribution in [2.75, 3.05) is 6.54 Å². The Morgan fingerprint density at radius 1 is 1.41 bits per heavy atom. The summed E-state index contributed by atoms with van der Waals surface area (Å²) in [6.45, 7) is 0.334. The molecule has 5 heteroatoms. The van der Waals surface area contributed by atoms with E-state index in [0.29, 0.717) is 6.54 Å². The van der Waals surface area contributed by atoms with Crippen LogP contribution in [0.5, 0.6) is 5.75 Å². The Labute approximate surface area is 98.4 Å². The number of nitrogens with one attached hydrogen (secondary N) is 1. The Balaban J connectivity index is 1.80. The lowest BCUT2D eigenvalue weighted by Gasteiger charge is -2.11. The quantitative estimate of drug-likeness (QED) is 0.748. The molecule has 2 rings (SSSR count). The van der Waals surface area contributed by atoms with Gasteiger partial charge in [0.25, 0.3) is 0 Å². The number of amides is 1. The molecule has 2 N–H and O–H groups in total. The van der Waals surface area contributed by atoms with Crippen molar-refractivity contribution in [2.24, 2.45) is 0 Å². The minimum Gasteiger partial charge on any atom is -0.488 e. The van der Waals surface area contributed by atoms with Crippen LogP contribution in [-0.2, 0) is 16.0 Å². The minimum atomic E-state index is -1.13. The van der Waals surface area contributed by atoms with Crippen LogP contribution in [0.2, 0.25) is 0 Å². The number of rotatable bonds is 4. The average Bonchev–Trinajstić information content (AvgIpc) is 2.68. The van der Waals surface area contributed by atoms with E-state index in [1.807, 2.05) is 24.3 Å². The second-order valence-electron chi connectivity index (χ2n) is 3.93. The highest BCUT2D eigenvalue weighted by atomic mass is 16.5. The number of para-hydroxylation sites is 1. The first-order valence-electron chi connectivity index (χ1n) is 5.38. The molecular weight excluding hydrogens is 222 g/mol. The molecule has 1 heterocycles. The van der Waals surface area contributed by atoms with Crippen LogP contribution < -0.4 is 10.1 Å². The van der Waals surface area contributed by atoms with Crippen molar-refractivity contribution in [1.82, 2.24) is 5.32 Å². The molecule has 1 amide bonds. The molecule has 1 aliphatic rings. The van der Waals surface area contributed by atoms with E-state index < -0.39 is 18.3 Å². The van der Waals surface area contributed by atoms with Crippen molar-refractivity contribution in [3.05, 3.63) is 29.8 Å². The fraction of sp³-hybridized carbons (Fsp3) is 0.333. The van der Waals surface area contributed by atoms with Gasteiger partial charge in [-0.05, 0) is 11.6 Å². The van der Waals surface area contributed by atoms with Crippen LogP contribution in [-0.4, -0.2) is 29.6 Å². The predicted octanol–water partition coefficient (Wildman–Crippen LogP) is 0.581. The number of benzene rings is 1. The molecule has 0 fully saturated rings. The zero-order valence-electron chi connectivity index (χ0n) is 9.18. The number of carbonyl (C=O) groups excluding carboxylic acids is 1. The SMILES string of the molecule is O=C(O)CC(=O)NCC1Cc2ccccc2O1. The van der Waals surface area contributed by atoms with Crippen LogP contribution in [0.4, 0.5) is 0 Å². The third kappa shape index (κ3) is 2.96. The number of carboxylic acid groups (broad SMARTS) is 1. The molecule has 5 nitrogen and oxygen atoms in total. The summed E-state index contributed by atoms with van der Waals surface area (Å²) in [5, 5.41) is 11.0. The van der Waals surface area contributed by atoms with Crippen LogP contribution in [0.1, 0.15) is 12.0 Å². The van der Waals surface area contributed by atoms with Gasteiger partial charge in [-0.15, -0.1) is 0 Å². The van der Waals surface area contributed by atoms with Gasteiger partial charge in [-0.3, -0.25) is 9.59 Å². The number of hydrogen-bond donors (Lipinski definition) is 2. The van der Waals surface area contributed by atoms with Gasteiger partial charge in [0.2, 0.25) is 5.91 Å². The second-order valence-corrected chi connectivity index (χ2v) is 3.93. The van der Waals surface area contributed by atoms with Crippen molar-refractivity contribution >= 4 is 11.9 Å². The molecule has 1 aromatic carbocycles. The fourth-order valence-corrected chi connectivity index (χ4v) is 1.80. The molecule has 0 spiro atoms. The average molecular weight is 235 g/mol. The summed E-state index contributed by atoms with van der Waals surface area (Å²) >= 11 is 0. The summed E-state index contributed by atoms with van der Waals surface area (Å²) in [6.07, 6.45) is 0.133. The van der Waals surface area contributed by atoms with Crippen molar-refractivity contribution in [2.45, 2.75) is 18.9 Å². The Morgan fingerprint density at radius 3 is 2.88 bits per heavy atom. The molecule has 17 heavy (non-hydrogen) atoms. The highest BCUT2D eigenvalue weighted by molar-refractivity contribution is 5.93. The third-order valence-electron chi connectivity index (χ3n) is 2.55. The van der Waals surface area contributed by atoms with E-state index in [1.165, 1.54) is 0 Å². The van der Waals surface area contributed by atoms with Crippen LogP contribution in [0.3, 0.4) is 0 Å². The topological polar surface area (TPSA) is 75.6 Å². The zero-order chi connectivity index (χ0) is 12.3. The second kappa shape index (κ2) is 4.86. The molecule has 0 aliphatic carbocycles. The largest absolute Gasteiger partial charge is 0.488 e. The van der Waals surface area contributed by atoms with Crippen LogP contribution in [0.15, 0.2) is 24.3 Å². The van der Waals surface area contributed by atoms with Gasteiger partial charge in [-0.25, -0.2) is 0 Å². The van der Waals surface area contributed by atoms with E-state index >= 15 is 0 Å². The molecule has 0 radical (unpaired) electrons. The Bertz CT molecular complexity index is 419. The third-order valence-corrected chi connectivity index (χ3v) is 2.55. The lowest BCUT2D eigenvalue weighted by Crippen LogP contribution is -2.35. The monoisotopic (exact) mass is 235 g/mol. The van der Waals surface area contributed by atoms with Gasteiger partial charge in [0.05, 0.1) is 6.54 Å². The van der Waals surface area contributed by atoms with Crippen molar-refractivity contribution in [1.29, 1.82) is 0 Å². The first-order chi connectivity index (χ1) is 8.15. The van der Waals surface area contributed by atoms with Gasteiger partial charge in [0.15, 0.2) is 0 Å². The molecule has 0 aromatic heterocycles. The molecule has 0 bridgehead atoms. The van der Waals surface area contributed by atoms with E-state index in [9.17, 15) is 9.59 Å². The van der Waals surface area contributed by atoms with Gasteiger partial charge < -0.3 is 15.2 Å². The number of fused-ring (bicyclic) bond motifs is 1. The van der Waals surface area contributed by atoms with Crippen LogP contribution >= 0.6 is 0 Å². The molecule has 1 unspecified atom stereocenters. The van der Waals surface area contributed by atoms with Crippen LogP contribution in [0.25, 0.3) is 0 Å². The first-order valence-corrected chi connectivity index (χ1v) is 5.38. The molecule has 1 aromatic rings. The Hall–Kier alpha value is -2.04. The van der Waals surface area contributed by atoms with Crippen molar-refractivity contribution < 1.29 is 19.4 Å². The van der Waals surface area contributed by atoms with Gasteiger partial charge in [-0.1, -0.05) is 18.2 Å². The maximum atomic E-state index is 11.1. The van der Waals surface area contributed by atoms with Crippen molar-refractivity contribution in [3.63, 3.8) is 0 Å². The molecule has 1 atom stereocenters. The highest BCUT2D eigenvalue weighted by Gasteiger charge is 2.22. The first kappa shape index (κ1) is 11.4. The van der Waals surface area contributed by atoms with Gasteiger partial charge >= 0.3 is 5.97 Å². The zero-order valence-corrected chi connectivity index (χ0v) is 9.18. The van der Waals surface area contributed by atoms with Crippen molar-refractivity contribution in [3.8, 4) is 5.75 Å². The van der Waals surface area contributed by atoms with Crippen LogP contribution in [0, 0.1) is 0 Å². The Morgan fingerprint density at radius 2 is 2.18 bits per heavy atom. The van der Waals surface area contributed by atoms with E-state index in [0.717, 1.165) is 17.7 Å². The van der Waals surface area contributed by atoms with E-state index in [2.05, 4.69) is 5.32 Å². The summed E-state index contributed by atoms with van der Waals surface area (Å²) in [5.74, 6) is -0.778. The van der Waals surface area contributed by atoms with E-state index in [1.54, 1.807) is 0 Å². The number of carboxylic acids is 1. The number of aliphatic carboxylic acids is 1. The lowest BCUT2D eigenvalue weighted by atomic mass is 10.1. The Kier molecular flexibility index (Phi) is 3.27. The fourth-order valence-electron chi connectivity index (χ4n) is 1.80. The molecule has 0 saturated heterocycles. The molecule has 90 valence electrons. The maximum absolute atomic E-state index is 11.1. The highest BCUT2D eigenvalue weighted by Crippen LogP contribution is 2.27. The van der Waals surface area contributed by atoms with Gasteiger partial charge in [-0.2, -0.15) is 0 Å². The standard InChI is InChI=1S/C12H13NO4/c14-11(6-12(15)16)13-7-9-5-8-3-1-2-4-10(8)17-9/h1-4,9H,5-7H2,(H,13,14)(H,15,16). The summed E-state index contributed by atoms with van der Waals surface area (Å²) in [5.41, 5.74) is 1.12. The number of ether oxygens (including phenoxy) is 1. The summed E-state index contributed by atoms with van der Waals surface area (Å²) in [6, 6.07) is 7.70. The van der Waals surface area contributed by atoms with Gasteiger partial charge in [0, 0.05) is 6.42 Å². The normalized spacial score (nSPS) is 17.1. The maximum Gasteiger partial charge on any atom is 0.312 e. The van der Waals surface area contributed by atoms with E-state index in [4.69, 9.17) is 9.84 Å².